The van der Waals surface area contributed by atoms with Gasteiger partial charge in [-0.05, 0) is 17.7 Å². The molecule has 0 aliphatic carbocycles. The topological polar surface area (TPSA) is 12.9 Å². The predicted molar refractivity (Wildman–Crippen MR) is 37.9 cm³/mol. The number of rotatable bonds is 1. The maximum Gasteiger partial charge on any atom is 1.00 e. The summed E-state index contributed by atoms with van der Waals surface area (Å²) in [6, 6.07) is 3.82. The molecular formula is C7H9FN+. The van der Waals surface area contributed by atoms with E-state index >= 15 is 0 Å². The molecule has 1 aromatic rings. The van der Waals surface area contributed by atoms with E-state index in [0.29, 0.717) is 0 Å². The molecule has 0 radical (unpaired) electrons. The maximum atomic E-state index is 3.85. The van der Waals surface area contributed by atoms with Gasteiger partial charge in [-0.1, -0.05) is 12.7 Å². The predicted octanol–water partition coefficient (Wildman–Crippen LogP) is 1.99. The van der Waals surface area contributed by atoms with Crippen LogP contribution in [0.25, 0.3) is 6.08 Å². The van der Waals surface area contributed by atoms with Gasteiger partial charge in [-0.15, -0.1) is 0 Å². The minimum Gasteiger partial charge on any atom is -0.269 e. The van der Waals surface area contributed by atoms with Crippen molar-refractivity contribution >= 4 is 6.08 Å². The number of halogens is 1. The lowest BCUT2D eigenvalue weighted by Crippen LogP contribution is -1.69. The first-order valence-electron chi connectivity index (χ1n) is 2.46. The van der Waals surface area contributed by atoms with Crippen LogP contribution in [0.5, 0.6) is 0 Å². The first kappa shape index (κ1) is 7.82. The molecule has 1 aromatic heterocycles. The van der Waals surface area contributed by atoms with E-state index in [1.165, 1.54) is 0 Å². The average molecular weight is 126 g/mol. The summed E-state index contributed by atoms with van der Waals surface area (Å²) in [5.74, 6) is 0. The third-order valence-corrected chi connectivity index (χ3v) is 0.942. The molecule has 0 fully saturated rings. The van der Waals surface area contributed by atoms with E-state index in [1.54, 1.807) is 18.5 Å². The Hall–Kier alpha value is -1.18. The number of hydrogen-bond donors (Lipinski definition) is 0. The lowest BCUT2D eigenvalue weighted by Gasteiger charge is -1.84. The zero-order valence-electron chi connectivity index (χ0n) is 5.95. The molecule has 0 amide bonds. The molecule has 0 saturated heterocycles. The highest BCUT2D eigenvalue weighted by Crippen LogP contribution is 1.94. The quantitative estimate of drug-likeness (QED) is 0.560. The number of hydrogen-bond acceptors (Lipinski definition) is 1. The van der Waals surface area contributed by atoms with E-state index < -0.39 is 0 Å². The molecule has 0 atom stereocenters. The highest BCUT2D eigenvalue weighted by molar-refractivity contribution is 5.44. The van der Waals surface area contributed by atoms with E-state index in [0.717, 1.165) is 5.56 Å². The van der Waals surface area contributed by atoms with Crippen molar-refractivity contribution in [2.75, 3.05) is 0 Å². The standard InChI is InChI=1S/C7H7N.FH/c1-2-7-3-5-8-6-4-7;/h2-6H,1H2;1H/p+1. The summed E-state index contributed by atoms with van der Waals surface area (Å²) < 4.78 is 0. The molecule has 0 aromatic carbocycles. The molecule has 9 heavy (non-hydrogen) atoms. The number of pyridine rings is 1. The molecule has 0 saturated carbocycles. The van der Waals surface area contributed by atoms with Gasteiger partial charge >= 0.3 is 1.43 Å². The van der Waals surface area contributed by atoms with Gasteiger partial charge in [0.15, 0.2) is 0 Å². The summed E-state index contributed by atoms with van der Waals surface area (Å²) in [5.41, 5.74) is 1.11. The summed E-state index contributed by atoms with van der Waals surface area (Å²) in [7, 11) is 0. The molecule has 1 heterocycles. The Labute approximate surface area is 54.9 Å². The van der Waals surface area contributed by atoms with Gasteiger partial charge < -0.3 is 0 Å². The number of aromatic nitrogens is 1. The molecule has 0 bridgehead atoms. The smallest absolute Gasteiger partial charge is 0.269 e. The second kappa shape index (κ2) is 3.78. The minimum absolute atomic E-state index is 0. The summed E-state index contributed by atoms with van der Waals surface area (Å²) in [5, 5.41) is 0. The van der Waals surface area contributed by atoms with Crippen LogP contribution in [0, 0.1) is 0 Å². The minimum atomic E-state index is 0. The monoisotopic (exact) mass is 126 g/mol. The lowest BCUT2D eigenvalue weighted by atomic mass is 10.3. The Balaban J connectivity index is 0. The van der Waals surface area contributed by atoms with E-state index in [2.05, 4.69) is 11.6 Å². The molecule has 2 heteroatoms. The van der Waals surface area contributed by atoms with Crippen molar-refractivity contribution < 1.29 is 6.13 Å². The van der Waals surface area contributed by atoms with Crippen LogP contribution >= 0.6 is 0 Å². The molecule has 1 nitrogen and oxygen atoms in total. The van der Waals surface area contributed by atoms with Crippen molar-refractivity contribution in [1.29, 1.82) is 0 Å². The highest BCUT2D eigenvalue weighted by Gasteiger charge is 1.76. The second-order valence-electron chi connectivity index (χ2n) is 1.48. The molecule has 0 aliphatic rings. The Morgan fingerprint density at radius 2 is 2.00 bits per heavy atom. The molecular weight excluding hydrogens is 117 g/mol. The molecule has 48 valence electrons. The van der Waals surface area contributed by atoms with Gasteiger partial charge in [0, 0.05) is 12.4 Å². The second-order valence-corrected chi connectivity index (χ2v) is 1.48. The summed E-state index contributed by atoms with van der Waals surface area (Å²) in [6.07, 6.45) is 5.29. The molecule has 0 spiro atoms. The van der Waals surface area contributed by atoms with Crippen molar-refractivity contribution in [2.45, 2.75) is 0 Å². The summed E-state index contributed by atoms with van der Waals surface area (Å²) >= 11 is 0. The van der Waals surface area contributed by atoms with Gasteiger partial charge in [0.25, 0.3) is 0 Å². The van der Waals surface area contributed by atoms with Crippen LogP contribution in [0.2, 0.25) is 0 Å². The van der Waals surface area contributed by atoms with Gasteiger partial charge in [-0.2, -0.15) is 0 Å². The fourth-order valence-corrected chi connectivity index (χ4v) is 0.500. The first-order chi connectivity index (χ1) is 3.93. The Bertz CT molecular complexity index is 176. The lowest BCUT2D eigenvalue weighted by molar-refractivity contribution is 1.11. The highest BCUT2D eigenvalue weighted by atomic mass is 19.0. The fourth-order valence-electron chi connectivity index (χ4n) is 0.500. The molecule has 0 unspecified atom stereocenters. The van der Waals surface area contributed by atoms with Crippen LogP contribution in [0.15, 0.2) is 31.1 Å². The molecule has 0 N–H and O–H groups in total. The van der Waals surface area contributed by atoms with Crippen LogP contribution in [0.3, 0.4) is 0 Å². The largest absolute Gasteiger partial charge is 1.00 e. The van der Waals surface area contributed by atoms with Crippen LogP contribution < -0.4 is 0 Å². The Kier molecular flexibility index (Phi) is 3.28. The first-order valence-corrected chi connectivity index (χ1v) is 2.46. The Morgan fingerprint density at radius 3 is 2.33 bits per heavy atom. The zero-order chi connectivity index (χ0) is 5.82. The van der Waals surface area contributed by atoms with E-state index in [9.17, 15) is 0 Å². The van der Waals surface area contributed by atoms with Gasteiger partial charge in [-0.3, -0.25) is 9.69 Å². The molecule has 1 rings (SSSR count). The van der Waals surface area contributed by atoms with Crippen LogP contribution in [0.4, 0.5) is 4.70 Å². The Morgan fingerprint density at radius 1 is 1.44 bits per heavy atom. The van der Waals surface area contributed by atoms with E-state index in [-0.39, 0.29) is 6.13 Å². The number of nitrogens with zero attached hydrogens (tertiary/aromatic N) is 1. The van der Waals surface area contributed by atoms with Gasteiger partial charge in [0.05, 0.1) is 0 Å². The SMILES string of the molecule is C=Cc1ccncc1.F.[H+]. The van der Waals surface area contributed by atoms with Crippen molar-refractivity contribution in [2.24, 2.45) is 0 Å². The van der Waals surface area contributed by atoms with Crippen molar-refractivity contribution in [3.8, 4) is 0 Å². The fraction of sp³-hybridized carbons (Fsp3) is 0. The van der Waals surface area contributed by atoms with Crippen molar-refractivity contribution in [1.82, 2.24) is 4.98 Å². The third-order valence-electron chi connectivity index (χ3n) is 0.942. The van der Waals surface area contributed by atoms with Crippen LogP contribution in [-0.2, 0) is 0 Å². The van der Waals surface area contributed by atoms with Gasteiger partial charge in [0.1, 0.15) is 0 Å². The molecule has 0 aliphatic heterocycles. The van der Waals surface area contributed by atoms with E-state index in [4.69, 9.17) is 0 Å². The average Bonchev–Trinajstić information content (AvgIpc) is 1.90. The maximum absolute atomic E-state index is 3.85. The summed E-state index contributed by atoms with van der Waals surface area (Å²) in [6.45, 7) is 3.60. The summed E-state index contributed by atoms with van der Waals surface area (Å²) in [4.78, 5) is 3.85. The zero-order valence-corrected chi connectivity index (χ0v) is 4.95. The van der Waals surface area contributed by atoms with Crippen molar-refractivity contribution in [3.63, 3.8) is 0 Å². The van der Waals surface area contributed by atoms with Crippen LogP contribution in [0.1, 0.15) is 6.99 Å². The van der Waals surface area contributed by atoms with Gasteiger partial charge in [0.2, 0.25) is 0 Å². The normalized spacial score (nSPS) is 7.56. The third kappa shape index (κ3) is 2.04. The van der Waals surface area contributed by atoms with E-state index in [1.807, 2.05) is 12.1 Å². The van der Waals surface area contributed by atoms with Crippen molar-refractivity contribution in [3.05, 3.63) is 36.7 Å². The van der Waals surface area contributed by atoms with Crippen LogP contribution in [-0.4, -0.2) is 4.98 Å². The van der Waals surface area contributed by atoms with Gasteiger partial charge in [-0.25, -0.2) is 0 Å².